The topological polar surface area (TPSA) is 138 Å². The van der Waals surface area contributed by atoms with E-state index in [4.69, 9.17) is 11.5 Å². The van der Waals surface area contributed by atoms with Gasteiger partial charge in [0.15, 0.2) is 5.78 Å². The Bertz CT molecular complexity index is 1470. The zero-order chi connectivity index (χ0) is 22.2. The van der Waals surface area contributed by atoms with Crippen LogP contribution in [0.1, 0.15) is 38.8 Å². The summed E-state index contributed by atoms with van der Waals surface area (Å²) in [5, 5.41) is 0. The van der Waals surface area contributed by atoms with Crippen LogP contribution in [0.4, 0.5) is 0 Å². The lowest BCUT2D eigenvalue weighted by Crippen LogP contribution is -2.32. The van der Waals surface area contributed by atoms with Crippen molar-refractivity contribution in [1.82, 2.24) is 19.9 Å². The lowest BCUT2D eigenvalue weighted by atomic mass is 10.0. The summed E-state index contributed by atoms with van der Waals surface area (Å²) >= 11 is 0. The van der Waals surface area contributed by atoms with Gasteiger partial charge in [0.25, 0.3) is 0 Å². The van der Waals surface area contributed by atoms with Crippen molar-refractivity contribution >= 4 is 45.4 Å². The highest BCUT2D eigenvalue weighted by atomic mass is 16.1. The summed E-state index contributed by atoms with van der Waals surface area (Å²) in [6.45, 7) is 0. The van der Waals surface area contributed by atoms with Crippen LogP contribution >= 0.6 is 0 Å². The normalized spacial score (nSPS) is 16.8. The lowest BCUT2D eigenvalue weighted by Gasteiger charge is -2.13. The average Bonchev–Trinajstić information content (AvgIpc) is 2.82. The van der Waals surface area contributed by atoms with Crippen LogP contribution in [0.15, 0.2) is 60.7 Å². The predicted octanol–water partition coefficient (Wildman–Crippen LogP) is 2.68. The van der Waals surface area contributed by atoms with Crippen LogP contribution in [-0.2, 0) is 0 Å². The smallest absolute Gasteiger partial charge is 0.203 e. The Balaban J connectivity index is 0.000000135. The highest BCUT2D eigenvalue weighted by molar-refractivity contribution is 6.05. The fourth-order valence-electron chi connectivity index (χ4n) is 3.54. The van der Waals surface area contributed by atoms with E-state index in [1.165, 1.54) is 0 Å². The minimum absolute atomic E-state index is 0.0255. The summed E-state index contributed by atoms with van der Waals surface area (Å²) in [6, 6.07) is 14.3. The number of aromatic nitrogens is 4. The maximum atomic E-state index is 11.8. The number of ketones is 2. The van der Waals surface area contributed by atoms with Gasteiger partial charge in [0.1, 0.15) is 17.1 Å². The Morgan fingerprint density at radius 3 is 1.91 bits per heavy atom. The van der Waals surface area contributed by atoms with Crippen LogP contribution in [-0.4, -0.2) is 37.5 Å². The van der Waals surface area contributed by atoms with Gasteiger partial charge < -0.3 is 11.5 Å². The molecule has 1 atom stereocenters. The number of nitrogens with zero attached hydrogens (tertiary/aromatic N) is 4. The molecule has 2 aliphatic rings. The number of carbonyl (C=O) groups excluding carboxylic acids is 2. The molecule has 156 valence electrons. The van der Waals surface area contributed by atoms with Gasteiger partial charge in [0, 0.05) is 6.42 Å². The minimum Gasteiger partial charge on any atom is -0.397 e. The van der Waals surface area contributed by atoms with E-state index in [2.05, 4.69) is 19.9 Å². The molecule has 0 amide bonds. The van der Waals surface area contributed by atoms with Gasteiger partial charge in [-0.25, -0.2) is 19.9 Å². The maximum Gasteiger partial charge on any atom is 0.203 e. The molecular weight excluding hydrogens is 404 g/mol. The summed E-state index contributed by atoms with van der Waals surface area (Å²) in [5.74, 6) is -0.196. The van der Waals surface area contributed by atoms with E-state index >= 15 is 0 Å². The van der Waals surface area contributed by atoms with E-state index < -0.39 is 6.04 Å². The van der Waals surface area contributed by atoms with Crippen LogP contribution in [0.3, 0.4) is 0 Å². The maximum absolute atomic E-state index is 11.8. The standard InChI is InChI=1S/2C12H9N3O/c13-7-5-6-10-11(12(7)16)15-9-4-2-1-3-8(9)14-10;13-7-5-6-10(16)12-11(7)14-8-3-1-2-4-9(8)15-12/h1-7H,13H2;1-5H,6,13H2. The fourth-order valence-corrected chi connectivity index (χ4v) is 3.54. The van der Waals surface area contributed by atoms with E-state index in [0.29, 0.717) is 34.9 Å². The summed E-state index contributed by atoms with van der Waals surface area (Å²) in [4.78, 5) is 40.8. The largest absolute Gasteiger partial charge is 0.397 e. The summed E-state index contributed by atoms with van der Waals surface area (Å²) < 4.78 is 0. The molecule has 32 heavy (non-hydrogen) atoms. The van der Waals surface area contributed by atoms with Crippen LogP contribution in [0.2, 0.25) is 0 Å². The van der Waals surface area contributed by atoms with Crippen molar-refractivity contribution in [2.75, 3.05) is 0 Å². The van der Waals surface area contributed by atoms with Gasteiger partial charge in [0.2, 0.25) is 5.78 Å². The van der Waals surface area contributed by atoms with Crippen LogP contribution in [0.5, 0.6) is 0 Å². The van der Waals surface area contributed by atoms with Crippen molar-refractivity contribution in [2.45, 2.75) is 12.5 Å². The quantitative estimate of drug-likeness (QED) is 0.441. The van der Waals surface area contributed by atoms with Gasteiger partial charge in [-0.1, -0.05) is 36.4 Å². The van der Waals surface area contributed by atoms with Crippen LogP contribution < -0.4 is 11.5 Å². The monoisotopic (exact) mass is 422 g/mol. The third-order valence-electron chi connectivity index (χ3n) is 5.21. The summed E-state index contributed by atoms with van der Waals surface area (Å²) in [6.07, 6.45) is 5.40. The fraction of sp³-hybridized carbons (Fsp3) is 0.0833. The highest BCUT2D eigenvalue weighted by Gasteiger charge is 2.23. The number of nitrogens with two attached hydrogens (primary N) is 2. The Morgan fingerprint density at radius 2 is 1.28 bits per heavy atom. The van der Waals surface area contributed by atoms with Gasteiger partial charge in [-0.05, 0) is 30.3 Å². The minimum atomic E-state index is -0.594. The van der Waals surface area contributed by atoms with E-state index in [0.717, 1.165) is 22.1 Å². The van der Waals surface area contributed by atoms with Crippen molar-refractivity contribution < 1.29 is 9.59 Å². The van der Waals surface area contributed by atoms with Crippen LogP contribution in [0.25, 0.3) is 33.8 Å². The molecule has 0 fully saturated rings. The molecule has 0 bridgehead atoms. The molecule has 0 aliphatic heterocycles. The number of hydrogen-bond acceptors (Lipinski definition) is 8. The van der Waals surface area contributed by atoms with Gasteiger partial charge in [-0.3, -0.25) is 9.59 Å². The number of rotatable bonds is 0. The van der Waals surface area contributed by atoms with Gasteiger partial charge >= 0.3 is 0 Å². The molecule has 4 aromatic rings. The zero-order valence-electron chi connectivity index (χ0n) is 16.9. The SMILES string of the molecule is NC1=CCC(=O)c2nc3ccccc3nc21.NC1C=Cc2nc3ccccc3nc2C1=O. The van der Waals surface area contributed by atoms with E-state index in [-0.39, 0.29) is 11.6 Å². The highest BCUT2D eigenvalue weighted by Crippen LogP contribution is 2.22. The first-order valence-electron chi connectivity index (χ1n) is 10.0. The third kappa shape index (κ3) is 3.42. The van der Waals surface area contributed by atoms with E-state index in [9.17, 15) is 9.59 Å². The first-order chi connectivity index (χ1) is 15.5. The molecule has 2 aromatic heterocycles. The molecule has 0 saturated carbocycles. The number of benzene rings is 2. The van der Waals surface area contributed by atoms with Crippen molar-refractivity contribution in [3.05, 3.63) is 83.5 Å². The second kappa shape index (κ2) is 7.75. The van der Waals surface area contributed by atoms with Crippen LogP contribution in [0, 0.1) is 0 Å². The predicted molar refractivity (Wildman–Crippen MR) is 122 cm³/mol. The second-order valence-corrected chi connectivity index (χ2v) is 7.39. The van der Waals surface area contributed by atoms with Gasteiger partial charge in [0.05, 0.1) is 39.5 Å². The van der Waals surface area contributed by atoms with E-state index in [1.807, 2.05) is 48.5 Å². The molecule has 6 rings (SSSR count). The molecule has 0 radical (unpaired) electrons. The second-order valence-electron chi connectivity index (χ2n) is 7.39. The molecule has 2 heterocycles. The summed E-state index contributed by atoms with van der Waals surface area (Å²) in [5.41, 5.74) is 16.8. The number of para-hydroxylation sites is 4. The number of fused-ring (bicyclic) bond motifs is 4. The Morgan fingerprint density at radius 1 is 0.750 bits per heavy atom. The van der Waals surface area contributed by atoms with Crippen molar-refractivity contribution in [3.63, 3.8) is 0 Å². The Labute approximate surface area is 182 Å². The van der Waals surface area contributed by atoms with Crippen molar-refractivity contribution in [3.8, 4) is 0 Å². The first kappa shape index (κ1) is 19.7. The Kier molecular flexibility index (Phi) is 4.76. The van der Waals surface area contributed by atoms with Gasteiger partial charge in [-0.2, -0.15) is 0 Å². The molecule has 0 saturated heterocycles. The molecule has 1 unspecified atom stereocenters. The molecular formula is C24H18N6O2. The molecule has 0 spiro atoms. The number of carbonyl (C=O) groups is 2. The Hall–Kier alpha value is -4.30. The third-order valence-corrected chi connectivity index (χ3v) is 5.21. The molecule has 8 heteroatoms. The number of Topliss-reactive ketones (excluding diaryl/α,β-unsaturated/α-hetero) is 2. The average molecular weight is 422 g/mol. The lowest BCUT2D eigenvalue weighted by molar-refractivity contribution is 0.0968. The zero-order valence-corrected chi connectivity index (χ0v) is 16.9. The first-order valence-corrected chi connectivity index (χ1v) is 10.0. The van der Waals surface area contributed by atoms with Gasteiger partial charge in [-0.15, -0.1) is 0 Å². The molecule has 4 N–H and O–H groups in total. The molecule has 2 aromatic carbocycles. The van der Waals surface area contributed by atoms with Crippen molar-refractivity contribution in [2.24, 2.45) is 11.5 Å². The molecule has 8 nitrogen and oxygen atoms in total. The number of hydrogen-bond donors (Lipinski definition) is 2. The van der Waals surface area contributed by atoms with E-state index in [1.54, 1.807) is 18.2 Å². The van der Waals surface area contributed by atoms with Crippen molar-refractivity contribution in [1.29, 1.82) is 0 Å². The molecule has 2 aliphatic carbocycles. The summed E-state index contributed by atoms with van der Waals surface area (Å²) in [7, 11) is 0. The number of allylic oxidation sites excluding steroid dienone is 1.